The van der Waals surface area contributed by atoms with Gasteiger partial charge in [-0.2, -0.15) is 0 Å². The molecule has 0 saturated carbocycles. The molecule has 0 aromatic heterocycles. The molecule has 0 aliphatic heterocycles. The van der Waals surface area contributed by atoms with Crippen LogP contribution < -0.4 is 26.6 Å². The van der Waals surface area contributed by atoms with Crippen molar-refractivity contribution in [2.24, 2.45) is 23.7 Å². The Bertz CT molecular complexity index is 1000. The molecule has 0 rings (SSSR count). The minimum atomic E-state index is -1.33. The maximum absolute atomic E-state index is 13.3. The number of carbonyl (C=O) groups is 6. The number of amides is 5. The number of rotatable bonds is 20. The quantitative estimate of drug-likeness (QED) is 0.0920. The molecule has 5 amide bonds. The predicted molar refractivity (Wildman–Crippen MR) is 168 cm³/mol. The molecule has 14 nitrogen and oxygen atoms in total. The SMILES string of the molecule is CC(=O)NC(C(=O)N[C@H](C(=O)N[C@@H](CC(C)C)[C@@H](O)CC(=O)N[C@@H](C)C(=O)N[C@@H](CC(C)C)[C@@H](O)CC(=O)O)C(C)C)C(C)C. The van der Waals surface area contributed by atoms with Crippen molar-refractivity contribution in [3.63, 3.8) is 0 Å². The van der Waals surface area contributed by atoms with Gasteiger partial charge in [0.15, 0.2) is 0 Å². The lowest BCUT2D eigenvalue weighted by Crippen LogP contribution is -2.59. The predicted octanol–water partition coefficient (Wildman–Crippen LogP) is 0.441. The first-order chi connectivity index (χ1) is 20.7. The van der Waals surface area contributed by atoms with E-state index in [4.69, 9.17) is 5.11 Å². The summed E-state index contributed by atoms with van der Waals surface area (Å²) in [6.45, 7) is 17.2. The van der Waals surface area contributed by atoms with Gasteiger partial charge in [-0.1, -0.05) is 55.4 Å². The zero-order valence-corrected chi connectivity index (χ0v) is 28.5. The Morgan fingerprint density at radius 3 is 1.36 bits per heavy atom. The van der Waals surface area contributed by atoms with Crippen molar-refractivity contribution < 1.29 is 44.1 Å². The summed E-state index contributed by atoms with van der Waals surface area (Å²) >= 11 is 0. The lowest BCUT2D eigenvalue weighted by atomic mass is 9.95. The molecule has 0 heterocycles. The lowest BCUT2D eigenvalue weighted by molar-refractivity contribution is -0.140. The van der Waals surface area contributed by atoms with Crippen molar-refractivity contribution in [2.45, 2.75) is 137 Å². The monoisotopic (exact) mass is 643 g/mol. The zero-order valence-electron chi connectivity index (χ0n) is 28.5. The van der Waals surface area contributed by atoms with E-state index in [2.05, 4.69) is 26.6 Å². The lowest BCUT2D eigenvalue weighted by Gasteiger charge is -2.31. The second-order valence-electron chi connectivity index (χ2n) is 13.4. The fourth-order valence-corrected chi connectivity index (χ4v) is 4.77. The van der Waals surface area contributed by atoms with E-state index in [0.717, 1.165) is 0 Å². The molecule has 8 N–H and O–H groups in total. The first-order valence-electron chi connectivity index (χ1n) is 15.7. The second kappa shape index (κ2) is 20.0. The number of aliphatic carboxylic acids is 1. The maximum Gasteiger partial charge on any atom is 0.306 e. The van der Waals surface area contributed by atoms with Gasteiger partial charge in [0.1, 0.15) is 18.1 Å². The molecule has 0 saturated heterocycles. The molecular weight excluding hydrogens is 586 g/mol. The summed E-state index contributed by atoms with van der Waals surface area (Å²) in [6, 6.07) is -4.59. The van der Waals surface area contributed by atoms with Crippen LogP contribution >= 0.6 is 0 Å². The van der Waals surface area contributed by atoms with Crippen LogP contribution in [0.15, 0.2) is 0 Å². The molecule has 0 bridgehead atoms. The average molecular weight is 644 g/mol. The van der Waals surface area contributed by atoms with Crippen molar-refractivity contribution in [3.8, 4) is 0 Å². The molecule has 0 aromatic carbocycles. The summed E-state index contributed by atoms with van der Waals surface area (Å²) in [6.07, 6.45) is -3.01. The Balaban J connectivity index is 5.54. The average Bonchev–Trinajstić information content (AvgIpc) is 2.87. The number of carboxylic acids is 1. The van der Waals surface area contributed by atoms with Crippen LogP contribution in [0.1, 0.15) is 94.9 Å². The van der Waals surface area contributed by atoms with E-state index >= 15 is 0 Å². The highest BCUT2D eigenvalue weighted by molar-refractivity contribution is 5.92. The fourth-order valence-electron chi connectivity index (χ4n) is 4.77. The van der Waals surface area contributed by atoms with Crippen molar-refractivity contribution >= 4 is 35.5 Å². The van der Waals surface area contributed by atoms with E-state index < -0.39 is 84.9 Å². The molecule has 0 aliphatic carbocycles. The Hall–Kier alpha value is -3.26. The van der Waals surface area contributed by atoms with Crippen molar-refractivity contribution in [1.82, 2.24) is 26.6 Å². The maximum atomic E-state index is 13.3. The van der Waals surface area contributed by atoms with Crippen LogP contribution in [0, 0.1) is 23.7 Å². The largest absolute Gasteiger partial charge is 0.481 e. The highest BCUT2D eigenvalue weighted by Gasteiger charge is 2.33. The van der Waals surface area contributed by atoms with Crippen LogP contribution in [0.4, 0.5) is 0 Å². The van der Waals surface area contributed by atoms with E-state index in [-0.39, 0.29) is 29.6 Å². The van der Waals surface area contributed by atoms with Gasteiger partial charge < -0.3 is 41.9 Å². The van der Waals surface area contributed by atoms with Crippen LogP contribution in [-0.4, -0.2) is 93.2 Å². The van der Waals surface area contributed by atoms with Crippen LogP contribution in [0.25, 0.3) is 0 Å². The van der Waals surface area contributed by atoms with Gasteiger partial charge in [0, 0.05) is 6.92 Å². The smallest absolute Gasteiger partial charge is 0.306 e. The third kappa shape index (κ3) is 16.6. The van der Waals surface area contributed by atoms with Gasteiger partial charge in [0.2, 0.25) is 29.5 Å². The first-order valence-corrected chi connectivity index (χ1v) is 15.7. The van der Waals surface area contributed by atoms with Gasteiger partial charge in [0.25, 0.3) is 0 Å². The van der Waals surface area contributed by atoms with Gasteiger partial charge in [-0.3, -0.25) is 28.8 Å². The summed E-state index contributed by atoms with van der Waals surface area (Å²) in [4.78, 5) is 74.6. The molecule has 45 heavy (non-hydrogen) atoms. The molecule has 0 spiro atoms. The van der Waals surface area contributed by atoms with Gasteiger partial charge in [0.05, 0.1) is 37.1 Å². The zero-order chi connectivity index (χ0) is 35.2. The molecule has 260 valence electrons. The first kappa shape index (κ1) is 41.7. The van der Waals surface area contributed by atoms with Crippen molar-refractivity contribution in [2.75, 3.05) is 0 Å². The van der Waals surface area contributed by atoms with Crippen molar-refractivity contribution in [1.29, 1.82) is 0 Å². The van der Waals surface area contributed by atoms with Crippen LogP contribution in [0.3, 0.4) is 0 Å². The third-order valence-corrected chi connectivity index (χ3v) is 7.14. The van der Waals surface area contributed by atoms with Gasteiger partial charge >= 0.3 is 5.97 Å². The minimum Gasteiger partial charge on any atom is -0.481 e. The number of aliphatic hydroxyl groups excluding tert-OH is 2. The Morgan fingerprint density at radius 2 is 0.956 bits per heavy atom. The molecule has 7 atom stereocenters. The summed E-state index contributed by atoms with van der Waals surface area (Å²) in [7, 11) is 0. The number of carboxylic acid groups (broad SMARTS) is 1. The molecular formula is C31H57N5O9. The minimum absolute atomic E-state index is 0.0185. The van der Waals surface area contributed by atoms with Gasteiger partial charge in [-0.15, -0.1) is 0 Å². The number of nitrogens with one attached hydrogen (secondary N) is 5. The molecule has 1 unspecified atom stereocenters. The van der Waals surface area contributed by atoms with E-state index in [1.165, 1.54) is 13.8 Å². The van der Waals surface area contributed by atoms with Crippen LogP contribution in [0.5, 0.6) is 0 Å². The number of carbonyl (C=O) groups excluding carboxylic acids is 5. The van der Waals surface area contributed by atoms with E-state index in [0.29, 0.717) is 12.8 Å². The molecule has 0 radical (unpaired) electrons. The second-order valence-corrected chi connectivity index (χ2v) is 13.4. The summed E-state index contributed by atoms with van der Waals surface area (Å²) in [5.74, 6) is -4.48. The highest BCUT2D eigenvalue weighted by Crippen LogP contribution is 2.14. The number of hydrogen-bond acceptors (Lipinski definition) is 8. The molecule has 0 fully saturated rings. The van der Waals surface area contributed by atoms with E-state index in [1.54, 1.807) is 27.7 Å². The fraction of sp³-hybridized carbons (Fsp3) is 0.806. The van der Waals surface area contributed by atoms with E-state index in [1.807, 2.05) is 27.7 Å². The van der Waals surface area contributed by atoms with Gasteiger partial charge in [-0.05, 0) is 43.4 Å². The Kier molecular flexibility index (Phi) is 18.5. The Labute approximate surface area is 267 Å². The molecule has 0 aromatic rings. The summed E-state index contributed by atoms with van der Waals surface area (Å²) in [5, 5.41) is 43.5. The topological polar surface area (TPSA) is 223 Å². The van der Waals surface area contributed by atoms with Gasteiger partial charge in [-0.25, -0.2) is 0 Å². The molecule has 0 aliphatic rings. The van der Waals surface area contributed by atoms with E-state index in [9.17, 15) is 39.0 Å². The molecule has 14 heteroatoms. The standard InChI is InChI=1S/C31H57N5O9/c1-15(2)11-21(35-30(44)28(18(7)8)36-31(45)27(17(5)6)33-20(10)37)23(38)13-25(40)32-19(9)29(43)34-22(12-16(3)4)24(39)14-26(41)42/h15-19,21-24,27-28,38-39H,11-14H2,1-10H3,(H,32,40)(H,33,37)(H,34,43)(H,35,44)(H,36,45)(H,41,42)/t19-,21-,22-,23-,24-,27?,28-/m0/s1. The number of aliphatic hydroxyl groups is 2. The third-order valence-electron chi connectivity index (χ3n) is 7.14. The number of hydrogen-bond donors (Lipinski definition) is 8. The summed E-state index contributed by atoms with van der Waals surface area (Å²) < 4.78 is 0. The summed E-state index contributed by atoms with van der Waals surface area (Å²) in [5.41, 5.74) is 0. The van der Waals surface area contributed by atoms with Crippen LogP contribution in [0.2, 0.25) is 0 Å². The highest BCUT2D eigenvalue weighted by atomic mass is 16.4. The normalized spacial score (nSPS) is 16.3. The Morgan fingerprint density at radius 1 is 0.556 bits per heavy atom. The van der Waals surface area contributed by atoms with Crippen LogP contribution in [-0.2, 0) is 28.8 Å². The van der Waals surface area contributed by atoms with Crippen molar-refractivity contribution in [3.05, 3.63) is 0 Å².